The van der Waals surface area contributed by atoms with Crippen LogP contribution in [0.2, 0.25) is 0 Å². The molecule has 142 valence electrons. The highest BCUT2D eigenvalue weighted by atomic mass is 16.3. The minimum absolute atomic E-state index is 0.928. The van der Waals surface area contributed by atoms with Crippen LogP contribution in [0.15, 0.2) is 101 Å². The van der Waals surface area contributed by atoms with Crippen LogP contribution < -0.4 is 0 Å². The summed E-state index contributed by atoms with van der Waals surface area (Å²) in [5.74, 6) is 0.928. The molecule has 31 heavy (non-hydrogen) atoms. The molecule has 1 aromatic heterocycles. The first-order valence-corrected chi connectivity index (χ1v) is 10.7. The molecule has 0 spiro atoms. The summed E-state index contributed by atoms with van der Waals surface area (Å²) >= 11 is 0. The highest BCUT2D eigenvalue weighted by Gasteiger charge is 2.25. The molecule has 1 heterocycles. The van der Waals surface area contributed by atoms with Crippen LogP contribution in [0.1, 0.15) is 0 Å². The first-order chi connectivity index (χ1) is 15.4. The van der Waals surface area contributed by atoms with Gasteiger partial charge >= 0.3 is 0 Å². The summed E-state index contributed by atoms with van der Waals surface area (Å²) in [6.07, 6.45) is 0. The Labute approximate surface area is 178 Å². The fourth-order valence-corrected chi connectivity index (χ4v) is 5.64. The van der Waals surface area contributed by atoms with Crippen LogP contribution in [0.3, 0.4) is 0 Å². The van der Waals surface area contributed by atoms with Gasteiger partial charge in [-0.3, -0.25) is 0 Å². The van der Waals surface area contributed by atoms with Crippen molar-refractivity contribution in [3.63, 3.8) is 0 Å². The van der Waals surface area contributed by atoms with Crippen molar-refractivity contribution in [1.82, 2.24) is 0 Å². The van der Waals surface area contributed by atoms with Gasteiger partial charge in [0.05, 0.1) is 0 Å². The minimum atomic E-state index is 0.928. The average Bonchev–Trinajstić information content (AvgIpc) is 3.39. The van der Waals surface area contributed by atoms with Crippen LogP contribution in [-0.4, -0.2) is 0 Å². The van der Waals surface area contributed by atoms with Crippen molar-refractivity contribution in [2.75, 3.05) is 0 Å². The minimum Gasteiger partial charge on any atom is -0.456 e. The molecule has 6 aromatic carbocycles. The summed E-state index contributed by atoms with van der Waals surface area (Å²) in [5.41, 5.74) is 7.47. The largest absolute Gasteiger partial charge is 0.456 e. The van der Waals surface area contributed by atoms with Crippen molar-refractivity contribution in [2.24, 2.45) is 0 Å². The van der Waals surface area contributed by atoms with Gasteiger partial charge in [-0.1, -0.05) is 72.8 Å². The van der Waals surface area contributed by atoms with Gasteiger partial charge in [-0.2, -0.15) is 0 Å². The molecule has 7 aromatic rings. The maximum atomic E-state index is 6.25. The molecule has 1 aliphatic rings. The van der Waals surface area contributed by atoms with E-state index >= 15 is 0 Å². The number of furan rings is 1. The van der Waals surface area contributed by atoms with E-state index in [4.69, 9.17) is 4.42 Å². The molecule has 0 bridgehead atoms. The zero-order valence-corrected chi connectivity index (χ0v) is 16.6. The molecule has 0 amide bonds. The zero-order valence-electron chi connectivity index (χ0n) is 16.6. The van der Waals surface area contributed by atoms with E-state index in [2.05, 4.69) is 84.9 Å². The van der Waals surface area contributed by atoms with Crippen molar-refractivity contribution in [2.45, 2.75) is 0 Å². The van der Waals surface area contributed by atoms with Gasteiger partial charge in [-0.25, -0.2) is 0 Å². The maximum Gasteiger partial charge on any atom is 0.136 e. The third-order valence-corrected chi connectivity index (χ3v) is 6.96. The molecule has 0 saturated heterocycles. The molecule has 1 nitrogen and oxygen atoms in total. The number of hydrogen-bond acceptors (Lipinski definition) is 1. The van der Waals surface area contributed by atoms with E-state index in [1.165, 1.54) is 54.6 Å². The molecule has 8 rings (SSSR count). The number of para-hydroxylation sites is 1. The van der Waals surface area contributed by atoms with Gasteiger partial charge in [0.15, 0.2) is 0 Å². The summed E-state index contributed by atoms with van der Waals surface area (Å²) in [4.78, 5) is 0. The van der Waals surface area contributed by atoms with Crippen molar-refractivity contribution in [3.05, 3.63) is 97.1 Å². The Morgan fingerprint density at radius 2 is 1.16 bits per heavy atom. The molecule has 0 atom stereocenters. The second-order valence-electron chi connectivity index (χ2n) is 8.53. The predicted molar refractivity (Wildman–Crippen MR) is 130 cm³/mol. The molecule has 0 N–H and O–H groups in total. The second kappa shape index (κ2) is 5.33. The third kappa shape index (κ3) is 1.87. The number of benzene rings is 6. The fraction of sp³-hybridized carbons (Fsp3) is 0. The van der Waals surface area contributed by atoms with Crippen molar-refractivity contribution in [3.8, 4) is 33.6 Å². The Morgan fingerprint density at radius 3 is 2.06 bits per heavy atom. The first kappa shape index (κ1) is 15.7. The van der Waals surface area contributed by atoms with Gasteiger partial charge in [0.2, 0.25) is 0 Å². The van der Waals surface area contributed by atoms with Gasteiger partial charge in [0.25, 0.3) is 0 Å². The lowest BCUT2D eigenvalue weighted by Crippen LogP contribution is -1.87. The summed E-state index contributed by atoms with van der Waals surface area (Å²) in [7, 11) is 0. The monoisotopic (exact) mass is 392 g/mol. The van der Waals surface area contributed by atoms with Crippen molar-refractivity contribution in [1.29, 1.82) is 0 Å². The smallest absolute Gasteiger partial charge is 0.136 e. The Bertz CT molecular complexity index is 1800. The molecule has 0 radical (unpaired) electrons. The van der Waals surface area contributed by atoms with Crippen LogP contribution in [0, 0.1) is 0 Å². The van der Waals surface area contributed by atoms with Gasteiger partial charge in [0.1, 0.15) is 11.3 Å². The predicted octanol–water partition coefficient (Wildman–Crippen LogP) is 8.64. The van der Waals surface area contributed by atoms with E-state index in [9.17, 15) is 0 Å². The summed E-state index contributed by atoms with van der Waals surface area (Å²) in [6, 6.07) is 35.1. The molecular formula is C30H16O. The highest BCUT2D eigenvalue weighted by molar-refractivity contribution is 6.33. The molecule has 0 unspecified atom stereocenters. The third-order valence-electron chi connectivity index (χ3n) is 6.96. The van der Waals surface area contributed by atoms with E-state index in [-0.39, 0.29) is 0 Å². The summed E-state index contributed by atoms with van der Waals surface area (Å²) < 4.78 is 6.25. The van der Waals surface area contributed by atoms with E-state index in [1.807, 2.05) is 12.1 Å². The van der Waals surface area contributed by atoms with Crippen LogP contribution in [0.4, 0.5) is 0 Å². The lowest BCUT2D eigenvalue weighted by Gasteiger charge is -2.15. The van der Waals surface area contributed by atoms with E-state index in [1.54, 1.807) is 0 Å². The van der Waals surface area contributed by atoms with Crippen LogP contribution in [-0.2, 0) is 0 Å². The number of fused-ring (bicyclic) bond motifs is 4. The topological polar surface area (TPSA) is 13.1 Å². The molecule has 1 heteroatoms. The maximum absolute atomic E-state index is 6.25. The molecule has 0 saturated carbocycles. The summed E-state index contributed by atoms with van der Waals surface area (Å²) in [5, 5.41) is 9.08. The summed E-state index contributed by atoms with van der Waals surface area (Å²) in [6.45, 7) is 0. The van der Waals surface area contributed by atoms with Crippen molar-refractivity contribution < 1.29 is 4.42 Å². The first-order valence-electron chi connectivity index (χ1n) is 10.7. The van der Waals surface area contributed by atoms with Gasteiger partial charge in [0, 0.05) is 10.9 Å². The second-order valence-corrected chi connectivity index (χ2v) is 8.53. The number of rotatable bonds is 1. The Balaban J connectivity index is 1.55. The van der Waals surface area contributed by atoms with E-state index < -0.39 is 0 Å². The Kier molecular flexibility index (Phi) is 2.70. The fourth-order valence-electron chi connectivity index (χ4n) is 5.64. The average molecular weight is 392 g/mol. The van der Waals surface area contributed by atoms with E-state index in [0.29, 0.717) is 0 Å². The number of hydrogen-bond donors (Lipinski definition) is 0. The zero-order chi connectivity index (χ0) is 20.1. The lowest BCUT2D eigenvalue weighted by atomic mass is 9.88. The molecule has 0 aliphatic heterocycles. The standard InChI is InChI=1S/C30H16O/c1-4-8-26-18(5-1)16-27(31-26)22-12-11-19-15-25-21-7-3-2-6-20(21)23-13-9-17-10-14-24(22)28(19)29(17)30(23)25/h1-16H. The van der Waals surface area contributed by atoms with Crippen molar-refractivity contribution >= 4 is 43.3 Å². The highest BCUT2D eigenvalue weighted by Crippen LogP contribution is 2.52. The van der Waals surface area contributed by atoms with Crippen LogP contribution in [0.25, 0.3) is 76.9 Å². The van der Waals surface area contributed by atoms with Gasteiger partial charge < -0.3 is 4.42 Å². The Morgan fingerprint density at radius 1 is 0.419 bits per heavy atom. The van der Waals surface area contributed by atoms with E-state index in [0.717, 1.165) is 22.3 Å². The molecule has 1 aliphatic carbocycles. The van der Waals surface area contributed by atoms with Crippen LogP contribution in [0.5, 0.6) is 0 Å². The molecule has 0 fully saturated rings. The Hall–Kier alpha value is -4.10. The normalized spacial score (nSPS) is 12.5. The quantitative estimate of drug-likeness (QED) is 0.255. The van der Waals surface area contributed by atoms with Gasteiger partial charge in [-0.05, 0) is 78.8 Å². The molecular weight excluding hydrogens is 376 g/mol. The SMILES string of the molecule is c1ccc2c(c1)-c1ccc3ccc4c(-c5cc6ccccc6o5)ccc5cc-2c1c3c54. The van der Waals surface area contributed by atoms with Gasteiger partial charge in [-0.15, -0.1) is 0 Å². The lowest BCUT2D eigenvalue weighted by molar-refractivity contribution is 0.632. The van der Waals surface area contributed by atoms with Crippen LogP contribution >= 0.6 is 0 Å².